The van der Waals surface area contributed by atoms with Gasteiger partial charge in [-0.25, -0.2) is 9.59 Å². The average Bonchev–Trinajstić information content (AvgIpc) is 2.85. The fraction of sp³-hybridized carbons (Fsp3) is 0.750. The van der Waals surface area contributed by atoms with E-state index in [2.05, 4.69) is 10.6 Å². The molecular weight excluding hydrogens is 282 g/mol. The SMILES string of the molecule is CCC1SCC(C(=O)O)N1C(=O)NC1CCC(=O)NC1. The molecule has 0 saturated carbocycles. The number of thioether (sulfide) groups is 1. The number of hydrogen-bond acceptors (Lipinski definition) is 4. The molecule has 0 bridgehead atoms. The van der Waals surface area contributed by atoms with Crippen molar-refractivity contribution in [1.29, 1.82) is 0 Å². The molecule has 2 aliphatic rings. The average molecular weight is 301 g/mol. The first-order valence-corrected chi connectivity index (χ1v) is 7.77. The maximum atomic E-state index is 12.3. The minimum Gasteiger partial charge on any atom is -0.480 e. The van der Waals surface area contributed by atoms with Crippen molar-refractivity contribution in [3.63, 3.8) is 0 Å². The van der Waals surface area contributed by atoms with Gasteiger partial charge in [0.25, 0.3) is 0 Å². The highest BCUT2D eigenvalue weighted by Crippen LogP contribution is 2.31. The molecule has 0 radical (unpaired) electrons. The Bertz CT molecular complexity index is 408. The first-order valence-electron chi connectivity index (χ1n) is 6.72. The van der Waals surface area contributed by atoms with Crippen molar-refractivity contribution in [2.24, 2.45) is 0 Å². The summed E-state index contributed by atoms with van der Waals surface area (Å²) in [4.78, 5) is 36.0. The van der Waals surface area contributed by atoms with E-state index in [9.17, 15) is 19.5 Å². The van der Waals surface area contributed by atoms with Crippen molar-refractivity contribution in [3.8, 4) is 0 Å². The smallest absolute Gasteiger partial charge is 0.327 e. The van der Waals surface area contributed by atoms with Crippen LogP contribution in [-0.2, 0) is 9.59 Å². The molecule has 7 nitrogen and oxygen atoms in total. The Balaban J connectivity index is 1.98. The second kappa shape index (κ2) is 6.34. The van der Waals surface area contributed by atoms with Crippen LogP contribution in [0, 0.1) is 0 Å². The molecule has 2 fully saturated rings. The lowest BCUT2D eigenvalue weighted by Gasteiger charge is -2.30. The van der Waals surface area contributed by atoms with E-state index in [4.69, 9.17) is 0 Å². The third kappa shape index (κ3) is 3.17. The maximum Gasteiger partial charge on any atom is 0.327 e. The number of hydrogen-bond donors (Lipinski definition) is 3. The van der Waals surface area contributed by atoms with Crippen LogP contribution >= 0.6 is 11.8 Å². The summed E-state index contributed by atoms with van der Waals surface area (Å²) in [6.07, 6.45) is 1.69. The molecule has 20 heavy (non-hydrogen) atoms. The molecule has 0 spiro atoms. The summed E-state index contributed by atoms with van der Waals surface area (Å²) in [5.74, 6) is -0.564. The van der Waals surface area contributed by atoms with E-state index in [0.29, 0.717) is 31.6 Å². The van der Waals surface area contributed by atoms with Gasteiger partial charge in [-0.15, -0.1) is 11.8 Å². The van der Waals surface area contributed by atoms with Gasteiger partial charge in [0.05, 0.1) is 5.37 Å². The molecule has 3 N–H and O–H groups in total. The van der Waals surface area contributed by atoms with Gasteiger partial charge in [-0.3, -0.25) is 9.69 Å². The van der Waals surface area contributed by atoms with E-state index < -0.39 is 12.0 Å². The summed E-state index contributed by atoms with van der Waals surface area (Å²) in [7, 11) is 0. The number of rotatable bonds is 3. The predicted molar refractivity (Wildman–Crippen MR) is 74.4 cm³/mol. The van der Waals surface area contributed by atoms with Gasteiger partial charge in [-0.2, -0.15) is 0 Å². The molecule has 2 saturated heterocycles. The van der Waals surface area contributed by atoms with E-state index in [1.165, 1.54) is 16.7 Å². The number of amides is 3. The lowest BCUT2D eigenvalue weighted by atomic mass is 10.1. The Morgan fingerprint density at radius 1 is 1.55 bits per heavy atom. The lowest BCUT2D eigenvalue weighted by Crippen LogP contribution is -2.55. The zero-order valence-corrected chi connectivity index (χ0v) is 12.1. The molecule has 3 atom stereocenters. The van der Waals surface area contributed by atoms with Crippen LogP contribution in [0.25, 0.3) is 0 Å². The highest BCUT2D eigenvalue weighted by molar-refractivity contribution is 8.00. The fourth-order valence-corrected chi connectivity index (χ4v) is 3.79. The zero-order valence-electron chi connectivity index (χ0n) is 11.3. The summed E-state index contributed by atoms with van der Waals surface area (Å²) in [5.41, 5.74) is 0. The van der Waals surface area contributed by atoms with Crippen LogP contribution in [0.3, 0.4) is 0 Å². The van der Waals surface area contributed by atoms with Crippen molar-refractivity contribution < 1.29 is 19.5 Å². The van der Waals surface area contributed by atoms with Crippen LogP contribution in [0.15, 0.2) is 0 Å². The number of aliphatic carboxylic acids is 1. The first kappa shape index (κ1) is 15.0. The molecule has 3 unspecified atom stereocenters. The van der Waals surface area contributed by atoms with Gasteiger partial charge in [0.15, 0.2) is 0 Å². The van der Waals surface area contributed by atoms with E-state index in [-0.39, 0.29) is 23.4 Å². The van der Waals surface area contributed by atoms with Crippen molar-refractivity contribution in [3.05, 3.63) is 0 Å². The standard InChI is InChI=1S/C12H19N3O4S/c1-2-10-15(8(6-20-10)11(17)18)12(19)14-7-3-4-9(16)13-5-7/h7-8,10H,2-6H2,1H3,(H,13,16)(H,14,19)(H,17,18). The molecule has 0 aliphatic carbocycles. The van der Waals surface area contributed by atoms with Crippen molar-refractivity contribution >= 4 is 29.7 Å². The third-order valence-corrected chi connectivity index (χ3v) is 5.01. The molecule has 0 aromatic carbocycles. The summed E-state index contributed by atoms with van der Waals surface area (Å²) >= 11 is 1.49. The summed E-state index contributed by atoms with van der Waals surface area (Å²) < 4.78 is 0. The normalized spacial score (nSPS) is 29.9. The molecule has 2 heterocycles. The number of piperidine rings is 1. The Morgan fingerprint density at radius 3 is 2.85 bits per heavy atom. The number of carboxylic acid groups (broad SMARTS) is 1. The van der Waals surface area contributed by atoms with E-state index in [1.54, 1.807) is 0 Å². The predicted octanol–water partition coefficient (Wildman–Crippen LogP) is 0.213. The molecule has 8 heteroatoms. The second-order valence-electron chi connectivity index (χ2n) is 4.95. The van der Waals surface area contributed by atoms with Gasteiger partial charge in [0, 0.05) is 24.8 Å². The number of nitrogens with one attached hydrogen (secondary N) is 2. The quantitative estimate of drug-likeness (QED) is 0.692. The van der Waals surface area contributed by atoms with Gasteiger partial charge in [-0.1, -0.05) is 6.92 Å². The van der Waals surface area contributed by atoms with Crippen LogP contribution in [-0.4, -0.2) is 57.7 Å². The van der Waals surface area contributed by atoms with Crippen LogP contribution in [0.2, 0.25) is 0 Å². The van der Waals surface area contributed by atoms with Crippen molar-refractivity contribution in [2.75, 3.05) is 12.3 Å². The zero-order chi connectivity index (χ0) is 14.7. The van der Waals surface area contributed by atoms with E-state index in [0.717, 1.165) is 0 Å². The number of carboxylic acids is 1. The van der Waals surface area contributed by atoms with Gasteiger partial charge in [-0.05, 0) is 12.8 Å². The van der Waals surface area contributed by atoms with Crippen LogP contribution in [0.1, 0.15) is 26.2 Å². The minimum absolute atomic E-state index is 0.0120. The van der Waals surface area contributed by atoms with Crippen LogP contribution < -0.4 is 10.6 Å². The molecule has 112 valence electrons. The van der Waals surface area contributed by atoms with Gasteiger partial charge < -0.3 is 15.7 Å². The monoisotopic (exact) mass is 301 g/mol. The van der Waals surface area contributed by atoms with Crippen molar-refractivity contribution in [1.82, 2.24) is 15.5 Å². The molecule has 0 aromatic heterocycles. The lowest BCUT2D eigenvalue weighted by molar-refractivity contribution is -0.141. The van der Waals surface area contributed by atoms with Crippen LogP contribution in [0.5, 0.6) is 0 Å². The number of carbonyl (C=O) groups excluding carboxylic acids is 2. The highest BCUT2D eigenvalue weighted by Gasteiger charge is 2.41. The molecule has 2 rings (SSSR count). The van der Waals surface area contributed by atoms with Gasteiger partial charge >= 0.3 is 12.0 Å². The molecule has 0 aromatic rings. The Labute approximate surface area is 121 Å². The van der Waals surface area contributed by atoms with E-state index in [1.807, 2.05) is 6.92 Å². The number of carbonyl (C=O) groups is 3. The number of urea groups is 1. The summed E-state index contributed by atoms with van der Waals surface area (Å²) in [6.45, 7) is 2.34. The fourth-order valence-electron chi connectivity index (χ4n) is 2.45. The Kier molecular flexibility index (Phi) is 4.74. The summed E-state index contributed by atoms with van der Waals surface area (Å²) in [6, 6.07) is -1.25. The minimum atomic E-state index is -0.972. The van der Waals surface area contributed by atoms with E-state index >= 15 is 0 Å². The molecule has 2 aliphatic heterocycles. The molecule has 3 amide bonds. The second-order valence-corrected chi connectivity index (χ2v) is 6.16. The highest BCUT2D eigenvalue weighted by atomic mass is 32.2. The summed E-state index contributed by atoms with van der Waals surface area (Å²) in [5, 5.41) is 14.6. The largest absolute Gasteiger partial charge is 0.480 e. The van der Waals surface area contributed by atoms with Crippen LogP contribution in [0.4, 0.5) is 4.79 Å². The van der Waals surface area contributed by atoms with Crippen molar-refractivity contribution in [2.45, 2.75) is 43.6 Å². The Morgan fingerprint density at radius 2 is 2.30 bits per heavy atom. The van der Waals surface area contributed by atoms with Gasteiger partial charge in [0.1, 0.15) is 6.04 Å². The van der Waals surface area contributed by atoms with Gasteiger partial charge in [0.2, 0.25) is 5.91 Å². The first-order chi connectivity index (χ1) is 9.52. The number of nitrogens with zero attached hydrogens (tertiary/aromatic N) is 1. The third-order valence-electron chi connectivity index (χ3n) is 3.55. The topological polar surface area (TPSA) is 98.7 Å². The Hall–Kier alpha value is -1.44. The molecular formula is C12H19N3O4S. The maximum absolute atomic E-state index is 12.3.